The molecule has 4 rings (SSSR count). The van der Waals surface area contributed by atoms with Crippen LogP contribution in [0.3, 0.4) is 0 Å². The van der Waals surface area contributed by atoms with Gasteiger partial charge in [0.15, 0.2) is 0 Å². The summed E-state index contributed by atoms with van der Waals surface area (Å²) in [5.74, 6) is -2.04. The zero-order valence-corrected chi connectivity index (χ0v) is 19.9. The number of halogens is 1. The molecule has 9 heteroatoms. The first-order valence-corrected chi connectivity index (χ1v) is 12.1. The molecule has 0 saturated carbocycles. The molecule has 3 heterocycles. The number of likely N-dealkylation sites (tertiary alicyclic amines) is 1. The SMILES string of the molecule is CC[C@]12CCC3(O1)C(C(=O)Nc1ccc(Cl)cc1)N(CCCCCO)C(=O)[C@@H]3[C@H]2C(=O)NC. The second kappa shape index (κ2) is 9.24. The minimum absolute atomic E-state index is 0.0852. The molecule has 1 aromatic rings. The first kappa shape index (κ1) is 24.0. The van der Waals surface area contributed by atoms with Crippen molar-refractivity contribution in [3.63, 3.8) is 0 Å². The van der Waals surface area contributed by atoms with Crippen LogP contribution >= 0.6 is 11.6 Å². The number of hydrogen-bond donors (Lipinski definition) is 3. The van der Waals surface area contributed by atoms with Gasteiger partial charge in [-0.05, 0) is 62.8 Å². The van der Waals surface area contributed by atoms with Gasteiger partial charge in [-0.15, -0.1) is 0 Å². The van der Waals surface area contributed by atoms with Gasteiger partial charge in [0.1, 0.15) is 11.6 Å². The van der Waals surface area contributed by atoms with Crippen LogP contribution in [0, 0.1) is 11.8 Å². The first-order valence-electron chi connectivity index (χ1n) is 11.7. The van der Waals surface area contributed by atoms with Crippen molar-refractivity contribution < 1.29 is 24.2 Å². The van der Waals surface area contributed by atoms with Gasteiger partial charge in [0.2, 0.25) is 17.7 Å². The van der Waals surface area contributed by atoms with Crippen LogP contribution in [0.1, 0.15) is 45.4 Å². The normalized spacial score (nSPS) is 32.2. The largest absolute Gasteiger partial charge is 0.396 e. The van der Waals surface area contributed by atoms with E-state index in [1.54, 1.807) is 36.2 Å². The van der Waals surface area contributed by atoms with Crippen molar-refractivity contribution in [1.29, 1.82) is 0 Å². The van der Waals surface area contributed by atoms with Crippen LogP contribution in [0.5, 0.6) is 0 Å². The molecule has 1 aromatic carbocycles. The van der Waals surface area contributed by atoms with Crippen LogP contribution in [0.25, 0.3) is 0 Å². The van der Waals surface area contributed by atoms with Crippen LogP contribution in [0.2, 0.25) is 5.02 Å². The fourth-order valence-electron chi connectivity index (χ4n) is 6.13. The van der Waals surface area contributed by atoms with E-state index in [-0.39, 0.29) is 24.3 Å². The second-order valence-corrected chi connectivity index (χ2v) is 9.70. The molecule has 5 atom stereocenters. The highest BCUT2D eigenvalue weighted by Crippen LogP contribution is 2.64. The molecule has 8 nitrogen and oxygen atoms in total. The summed E-state index contributed by atoms with van der Waals surface area (Å²) in [7, 11) is 1.57. The van der Waals surface area contributed by atoms with Crippen molar-refractivity contribution >= 4 is 35.0 Å². The lowest BCUT2D eigenvalue weighted by Gasteiger charge is -2.33. The third kappa shape index (κ3) is 3.82. The summed E-state index contributed by atoms with van der Waals surface area (Å²) in [6, 6.07) is 5.98. The van der Waals surface area contributed by atoms with Crippen LogP contribution in [0.15, 0.2) is 24.3 Å². The number of aliphatic hydroxyl groups is 1. The number of aliphatic hydroxyl groups excluding tert-OH is 1. The van der Waals surface area contributed by atoms with E-state index < -0.39 is 29.1 Å². The van der Waals surface area contributed by atoms with E-state index in [4.69, 9.17) is 21.4 Å². The Hall–Kier alpha value is -2.16. The number of unbranched alkanes of at least 4 members (excludes halogenated alkanes) is 2. The van der Waals surface area contributed by atoms with Crippen LogP contribution in [0.4, 0.5) is 5.69 Å². The minimum atomic E-state index is -1.03. The lowest BCUT2D eigenvalue weighted by molar-refractivity contribution is -0.145. The van der Waals surface area contributed by atoms with E-state index in [0.29, 0.717) is 49.4 Å². The highest BCUT2D eigenvalue weighted by Gasteiger charge is 2.78. The summed E-state index contributed by atoms with van der Waals surface area (Å²) in [5.41, 5.74) is -1.18. The van der Waals surface area contributed by atoms with Gasteiger partial charge in [-0.2, -0.15) is 0 Å². The fraction of sp³-hybridized carbons (Fsp3) is 0.625. The number of nitrogens with one attached hydrogen (secondary N) is 2. The van der Waals surface area contributed by atoms with Crippen LogP contribution < -0.4 is 10.6 Å². The molecule has 3 aliphatic rings. The summed E-state index contributed by atoms with van der Waals surface area (Å²) in [5, 5.41) is 15.3. The first-order chi connectivity index (χ1) is 15.8. The van der Waals surface area contributed by atoms with Gasteiger partial charge in [-0.1, -0.05) is 18.5 Å². The molecule has 2 unspecified atom stereocenters. The molecule has 3 amide bonds. The standard InChI is InChI=1S/C24H32ClN3O5/c1-3-23-11-12-24(33-23)18(17(23)20(30)26-2)22(32)28(13-5-4-6-14-29)19(24)21(31)27-16-9-7-15(25)8-10-16/h7-10,17-19,29H,3-6,11-14H2,1-2H3,(H,26,30)(H,27,31)/t17-,18-,19?,23+,24?/m0/s1. The third-order valence-electron chi connectivity index (χ3n) is 7.63. The van der Waals surface area contributed by atoms with Gasteiger partial charge in [-0.25, -0.2) is 0 Å². The van der Waals surface area contributed by atoms with Crippen molar-refractivity contribution in [3.05, 3.63) is 29.3 Å². The fourth-order valence-corrected chi connectivity index (χ4v) is 6.25. The lowest BCUT2D eigenvalue weighted by Crippen LogP contribution is -2.53. The highest BCUT2D eigenvalue weighted by atomic mass is 35.5. The van der Waals surface area contributed by atoms with E-state index >= 15 is 0 Å². The number of nitrogens with zero attached hydrogens (tertiary/aromatic N) is 1. The van der Waals surface area contributed by atoms with E-state index in [2.05, 4.69) is 10.6 Å². The van der Waals surface area contributed by atoms with Gasteiger partial charge in [0, 0.05) is 30.9 Å². The Morgan fingerprint density at radius 2 is 1.91 bits per heavy atom. The molecule has 3 fully saturated rings. The maximum absolute atomic E-state index is 13.8. The number of fused-ring (bicyclic) bond motifs is 1. The molecule has 180 valence electrons. The molecule has 0 aliphatic carbocycles. The quantitative estimate of drug-likeness (QED) is 0.473. The van der Waals surface area contributed by atoms with Crippen molar-refractivity contribution in [2.24, 2.45) is 11.8 Å². The lowest BCUT2D eigenvalue weighted by atomic mass is 9.65. The van der Waals surface area contributed by atoms with Gasteiger partial charge in [-0.3, -0.25) is 14.4 Å². The Labute approximate surface area is 199 Å². The topological polar surface area (TPSA) is 108 Å². The molecule has 2 bridgehead atoms. The number of rotatable bonds is 9. The summed E-state index contributed by atoms with van der Waals surface area (Å²) >= 11 is 5.97. The maximum atomic E-state index is 13.8. The predicted octanol–water partition coefficient (Wildman–Crippen LogP) is 2.34. The van der Waals surface area contributed by atoms with Crippen molar-refractivity contribution in [2.75, 3.05) is 25.5 Å². The zero-order chi connectivity index (χ0) is 23.8. The monoisotopic (exact) mass is 477 g/mol. The number of amides is 3. The molecule has 3 aliphatic heterocycles. The molecule has 3 N–H and O–H groups in total. The number of carbonyl (C=O) groups is 3. The Morgan fingerprint density at radius 3 is 2.55 bits per heavy atom. The Kier molecular flexibility index (Phi) is 6.71. The molecule has 3 saturated heterocycles. The van der Waals surface area contributed by atoms with Gasteiger partial charge >= 0.3 is 0 Å². The molecule has 33 heavy (non-hydrogen) atoms. The van der Waals surface area contributed by atoms with Crippen LogP contribution in [-0.2, 0) is 19.1 Å². The average molecular weight is 478 g/mol. The number of hydrogen-bond acceptors (Lipinski definition) is 5. The average Bonchev–Trinajstić information content (AvgIpc) is 3.41. The Morgan fingerprint density at radius 1 is 1.18 bits per heavy atom. The molecule has 0 radical (unpaired) electrons. The van der Waals surface area contributed by atoms with Gasteiger partial charge < -0.3 is 25.4 Å². The van der Waals surface area contributed by atoms with Crippen LogP contribution in [-0.4, -0.2) is 65.2 Å². The number of ether oxygens (including phenoxy) is 1. The Bertz CT molecular complexity index is 925. The summed E-state index contributed by atoms with van der Waals surface area (Å²) in [6.45, 7) is 2.43. The van der Waals surface area contributed by atoms with E-state index in [1.165, 1.54) is 0 Å². The minimum Gasteiger partial charge on any atom is -0.396 e. The number of anilines is 1. The van der Waals surface area contributed by atoms with Crippen molar-refractivity contribution in [1.82, 2.24) is 10.2 Å². The van der Waals surface area contributed by atoms with E-state index in [1.807, 2.05) is 6.92 Å². The Balaban J connectivity index is 1.69. The van der Waals surface area contributed by atoms with Crippen molar-refractivity contribution in [2.45, 2.75) is 62.7 Å². The highest BCUT2D eigenvalue weighted by molar-refractivity contribution is 6.30. The van der Waals surface area contributed by atoms with Crippen molar-refractivity contribution in [3.8, 4) is 0 Å². The maximum Gasteiger partial charge on any atom is 0.250 e. The molecular formula is C24H32ClN3O5. The molecular weight excluding hydrogens is 446 g/mol. The van der Waals surface area contributed by atoms with Gasteiger partial charge in [0.25, 0.3) is 0 Å². The zero-order valence-electron chi connectivity index (χ0n) is 19.1. The summed E-state index contributed by atoms with van der Waals surface area (Å²) in [4.78, 5) is 42.0. The molecule has 0 aromatic heterocycles. The third-order valence-corrected chi connectivity index (χ3v) is 7.88. The number of benzene rings is 1. The predicted molar refractivity (Wildman–Crippen MR) is 124 cm³/mol. The second-order valence-electron chi connectivity index (χ2n) is 9.26. The van der Waals surface area contributed by atoms with E-state index in [9.17, 15) is 14.4 Å². The summed E-state index contributed by atoms with van der Waals surface area (Å²) < 4.78 is 6.63. The summed E-state index contributed by atoms with van der Waals surface area (Å²) in [6.07, 6.45) is 3.81. The number of carbonyl (C=O) groups excluding carboxylic acids is 3. The smallest absolute Gasteiger partial charge is 0.250 e. The van der Waals surface area contributed by atoms with E-state index in [0.717, 1.165) is 6.42 Å². The molecule has 1 spiro atoms. The van der Waals surface area contributed by atoms with Gasteiger partial charge in [0.05, 0.1) is 17.4 Å².